The molecule has 2 heteroatoms. The van der Waals surface area contributed by atoms with Gasteiger partial charge in [0.15, 0.2) is 0 Å². The van der Waals surface area contributed by atoms with Crippen molar-refractivity contribution < 1.29 is 0 Å². The highest BCUT2D eigenvalue weighted by Gasteiger charge is 2.33. The first-order valence-corrected chi connectivity index (χ1v) is 8.14. The topological polar surface area (TPSA) is 15.3 Å². The van der Waals surface area contributed by atoms with Crippen LogP contribution in [0.5, 0.6) is 0 Å². The Kier molecular flexibility index (Phi) is 5.08. The number of piperidine rings is 2. The standard InChI is InChI=1S/C16H32N2/c1-4-16(9-5-6-10-17-16)13-15-7-11-18(12-8-15)14(2)3/h14-15,17H,4-13H2,1-3H3. The van der Waals surface area contributed by atoms with E-state index in [1.807, 2.05) is 0 Å². The Labute approximate surface area is 114 Å². The summed E-state index contributed by atoms with van der Waals surface area (Å²) in [6, 6.07) is 0.735. The second-order valence-electron chi connectivity index (χ2n) is 6.79. The molecular weight excluding hydrogens is 220 g/mol. The lowest BCUT2D eigenvalue weighted by atomic mass is 9.76. The molecule has 106 valence electrons. The average Bonchev–Trinajstić information content (AvgIpc) is 2.40. The van der Waals surface area contributed by atoms with Crippen LogP contribution < -0.4 is 5.32 Å². The average molecular weight is 252 g/mol. The minimum Gasteiger partial charge on any atom is -0.311 e. The van der Waals surface area contributed by atoms with Crippen LogP contribution in [-0.4, -0.2) is 36.1 Å². The zero-order chi connectivity index (χ0) is 13.0. The van der Waals surface area contributed by atoms with Gasteiger partial charge in [-0.15, -0.1) is 0 Å². The van der Waals surface area contributed by atoms with E-state index in [0.717, 1.165) is 12.0 Å². The van der Waals surface area contributed by atoms with Gasteiger partial charge in [-0.25, -0.2) is 0 Å². The van der Waals surface area contributed by atoms with Crippen molar-refractivity contribution in [2.45, 2.75) is 77.3 Å². The maximum absolute atomic E-state index is 3.85. The molecule has 2 nitrogen and oxygen atoms in total. The van der Waals surface area contributed by atoms with Gasteiger partial charge in [0.05, 0.1) is 0 Å². The third kappa shape index (κ3) is 3.48. The van der Waals surface area contributed by atoms with E-state index in [1.54, 1.807) is 0 Å². The highest BCUT2D eigenvalue weighted by atomic mass is 15.1. The molecule has 1 N–H and O–H groups in total. The molecule has 0 saturated carbocycles. The number of rotatable bonds is 4. The number of hydrogen-bond donors (Lipinski definition) is 1. The second-order valence-corrected chi connectivity index (χ2v) is 6.79. The minimum absolute atomic E-state index is 0.489. The van der Waals surface area contributed by atoms with Gasteiger partial charge in [0.2, 0.25) is 0 Å². The van der Waals surface area contributed by atoms with Gasteiger partial charge in [0, 0.05) is 11.6 Å². The fourth-order valence-electron chi connectivity index (χ4n) is 3.88. The monoisotopic (exact) mass is 252 g/mol. The van der Waals surface area contributed by atoms with Crippen LogP contribution in [-0.2, 0) is 0 Å². The molecular formula is C16H32N2. The van der Waals surface area contributed by atoms with Crippen molar-refractivity contribution in [2.75, 3.05) is 19.6 Å². The highest BCUT2D eigenvalue weighted by molar-refractivity contribution is 4.92. The van der Waals surface area contributed by atoms with Gasteiger partial charge in [0.1, 0.15) is 0 Å². The molecule has 2 fully saturated rings. The molecule has 1 unspecified atom stereocenters. The van der Waals surface area contributed by atoms with Crippen molar-refractivity contribution in [3.05, 3.63) is 0 Å². The van der Waals surface area contributed by atoms with Crippen LogP contribution in [0.15, 0.2) is 0 Å². The summed E-state index contributed by atoms with van der Waals surface area (Å²) in [6.07, 6.45) is 9.81. The Morgan fingerprint density at radius 2 is 1.94 bits per heavy atom. The molecule has 0 aliphatic carbocycles. The molecule has 2 saturated heterocycles. The van der Waals surface area contributed by atoms with Gasteiger partial charge in [-0.1, -0.05) is 13.3 Å². The predicted octanol–water partition coefficient (Wildman–Crippen LogP) is 3.42. The molecule has 0 aromatic rings. The maximum Gasteiger partial charge on any atom is 0.0181 e. The van der Waals surface area contributed by atoms with Gasteiger partial charge in [-0.2, -0.15) is 0 Å². The molecule has 18 heavy (non-hydrogen) atoms. The summed E-state index contributed by atoms with van der Waals surface area (Å²) in [6.45, 7) is 10.9. The van der Waals surface area contributed by atoms with Crippen LogP contribution >= 0.6 is 0 Å². The van der Waals surface area contributed by atoms with Crippen LogP contribution in [0.3, 0.4) is 0 Å². The largest absolute Gasteiger partial charge is 0.311 e. The minimum atomic E-state index is 0.489. The number of nitrogens with one attached hydrogen (secondary N) is 1. The van der Waals surface area contributed by atoms with Crippen LogP contribution in [0.1, 0.15) is 65.7 Å². The fraction of sp³-hybridized carbons (Fsp3) is 1.00. The van der Waals surface area contributed by atoms with E-state index in [1.165, 1.54) is 64.6 Å². The van der Waals surface area contributed by atoms with Gasteiger partial charge in [-0.05, 0) is 77.9 Å². The van der Waals surface area contributed by atoms with Crippen molar-refractivity contribution >= 4 is 0 Å². The van der Waals surface area contributed by atoms with Crippen molar-refractivity contribution in [3.8, 4) is 0 Å². The first kappa shape index (κ1) is 14.3. The SMILES string of the molecule is CCC1(CC2CCN(C(C)C)CC2)CCCCN1. The molecule has 0 amide bonds. The fourth-order valence-corrected chi connectivity index (χ4v) is 3.88. The Bertz CT molecular complexity index is 235. The molecule has 2 rings (SSSR count). The molecule has 2 aliphatic heterocycles. The van der Waals surface area contributed by atoms with Crippen molar-refractivity contribution in [2.24, 2.45) is 5.92 Å². The Morgan fingerprint density at radius 1 is 1.22 bits per heavy atom. The number of nitrogens with zero attached hydrogens (tertiary/aromatic N) is 1. The van der Waals surface area contributed by atoms with Gasteiger partial charge in [-0.3, -0.25) is 0 Å². The van der Waals surface area contributed by atoms with Gasteiger partial charge in [0.25, 0.3) is 0 Å². The summed E-state index contributed by atoms with van der Waals surface area (Å²) >= 11 is 0. The zero-order valence-electron chi connectivity index (χ0n) is 12.7. The van der Waals surface area contributed by atoms with Crippen molar-refractivity contribution in [1.82, 2.24) is 10.2 Å². The van der Waals surface area contributed by atoms with Crippen LogP contribution in [0.2, 0.25) is 0 Å². The Balaban J connectivity index is 1.82. The molecule has 0 bridgehead atoms. The first-order valence-electron chi connectivity index (χ1n) is 8.14. The van der Waals surface area contributed by atoms with Crippen LogP contribution in [0, 0.1) is 5.92 Å². The molecule has 0 aromatic carbocycles. The van der Waals surface area contributed by atoms with Crippen LogP contribution in [0.4, 0.5) is 0 Å². The van der Waals surface area contributed by atoms with E-state index in [2.05, 4.69) is 31.0 Å². The van der Waals surface area contributed by atoms with E-state index < -0.39 is 0 Å². The van der Waals surface area contributed by atoms with Crippen molar-refractivity contribution in [3.63, 3.8) is 0 Å². The number of hydrogen-bond acceptors (Lipinski definition) is 2. The Hall–Kier alpha value is -0.0800. The van der Waals surface area contributed by atoms with Crippen molar-refractivity contribution in [1.29, 1.82) is 0 Å². The summed E-state index contributed by atoms with van der Waals surface area (Å²) in [5.74, 6) is 0.963. The lowest BCUT2D eigenvalue weighted by molar-refractivity contribution is 0.113. The Morgan fingerprint density at radius 3 is 2.44 bits per heavy atom. The number of likely N-dealkylation sites (tertiary alicyclic amines) is 1. The zero-order valence-corrected chi connectivity index (χ0v) is 12.7. The third-order valence-corrected chi connectivity index (χ3v) is 5.32. The van der Waals surface area contributed by atoms with E-state index >= 15 is 0 Å². The van der Waals surface area contributed by atoms with E-state index in [0.29, 0.717) is 5.54 Å². The summed E-state index contributed by atoms with van der Waals surface area (Å²) < 4.78 is 0. The van der Waals surface area contributed by atoms with E-state index in [4.69, 9.17) is 0 Å². The lowest BCUT2D eigenvalue weighted by Crippen LogP contribution is -2.50. The normalized spacial score (nSPS) is 32.0. The molecule has 0 radical (unpaired) electrons. The van der Waals surface area contributed by atoms with Crippen LogP contribution in [0.25, 0.3) is 0 Å². The first-order chi connectivity index (χ1) is 8.65. The molecule has 2 heterocycles. The summed E-state index contributed by atoms with van der Waals surface area (Å²) in [7, 11) is 0. The second kappa shape index (κ2) is 6.38. The van der Waals surface area contributed by atoms with Gasteiger partial charge >= 0.3 is 0 Å². The summed E-state index contributed by atoms with van der Waals surface area (Å²) in [4.78, 5) is 2.64. The highest BCUT2D eigenvalue weighted by Crippen LogP contribution is 2.33. The smallest absolute Gasteiger partial charge is 0.0181 e. The predicted molar refractivity (Wildman–Crippen MR) is 78.9 cm³/mol. The summed E-state index contributed by atoms with van der Waals surface area (Å²) in [5, 5.41) is 3.85. The molecule has 0 spiro atoms. The third-order valence-electron chi connectivity index (χ3n) is 5.32. The lowest BCUT2D eigenvalue weighted by Gasteiger charge is -2.43. The maximum atomic E-state index is 3.85. The van der Waals surface area contributed by atoms with Gasteiger partial charge < -0.3 is 10.2 Å². The molecule has 2 aliphatic rings. The van der Waals surface area contributed by atoms with E-state index in [-0.39, 0.29) is 0 Å². The molecule has 0 aromatic heterocycles. The summed E-state index contributed by atoms with van der Waals surface area (Å²) in [5.41, 5.74) is 0.489. The molecule has 1 atom stereocenters. The van der Waals surface area contributed by atoms with E-state index in [9.17, 15) is 0 Å². The quantitative estimate of drug-likeness (QED) is 0.825.